The SMILES string of the molecule is CCOC(=O)C1CCCCN1Cc1cccc2ccccc12. The molecule has 0 N–H and O–H groups in total. The van der Waals surface area contributed by atoms with Crippen molar-refractivity contribution in [3.63, 3.8) is 0 Å². The summed E-state index contributed by atoms with van der Waals surface area (Å²) in [6.07, 6.45) is 3.17. The van der Waals surface area contributed by atoms with Gasteiger partial charge in [0.25, 0.3) is 0 Å². The maximum Gasteiger partial charge on any atom is 0.323 e. The zero-order valence-corrected chi connectivity index (χ0v) is 13.1. The van der Waals surface area contributed by atoms with Crippen molar-refractivity contribution in [1.82, 2.24) is 4.90 Å². The molecule has 1 aliphatic rings. The fourth-order valence-corrected chi connectivity index (χ4v) is 3.33. The van der Waals surface area contributed by atoms with E-state index in [0.29, 0.717) is 6.61 Å². The molecule has 1 atom stereocenters. The second-order valence-electron chi connectivity index (χ2n) is 5.87. The summed E-state index contributed by atoms with van der Waals surface area (Å²) in [5, 5.41) is 2.53. The minimum absolute atomic E-state index is 0.0672. The van der Waals surface area contributed by atoms with E-state index in [9.17, 15) is 4.79 Å². The van der Waals surface area contributed by atoms with E-state index in [0.717, 1.165) is 32.4 Å². The summed E-state index contributed by atoms with van der Waals surface area (Å²) >= 11 is 0. The number of hydrogen-bond donors (Lipinski definition) is 0. The molecule has 0 amide bonds. The first kappa shape index (κ1) is 15.0. The van der Waals surface area contributed by atoms with Crippen LogP contribution in [-0.2, 0) is 16.1 Å². The van der Waals surface area contributed by atoms with Gasteiger partial charge < -0.3 is 4.74 Å². The molecular weight excluding hydrogens is 274 g/mol. The van der Waals surface area contributed by atoms with Gasteiger partial charge >= 0.3 is 5.97 Å². The molecular formula is C19H23NO2. The van der Waals surface area contributed by atoms with Gasteiger partial charge in [-0.05, 0) is 42.6 Å². The number of likely N-dealkylation sites (tertiary alicyclic amines) is 1. The van der Waals surface area contributed by atoms with Crippen molar-refractivity contribution >= 4 is 16.7 Å². The number of ether oxygens (including phenoxy) is 1. The molecule has 2 aromatic rings. The first-order valence-electron chi connectivity index (χ1n) is 8.17. The summed E-state index contributed by atoms with van der Waals surface area (Å²) in [7, 11) is 0. The highest BCUT2D eigenvalue weighted by atomic mass is 16.5. The van der Waals surface area contributed by atoms with Gasteiger partial charge in [0.05, 0.1) is 6.61 Å². The number of hydrogen-bond acceptors (Lipinski definition) is 3. The quantitative estimate of drug-likeness (QED) is 0.805. The number of carbonyl (C=O) groups excluding carboxylic acids is 1. The molecule has 1 fully saturated rings. The fraction of sp³-hybridized carbons (Fsp3) is 0.421. The van der Waals surface area contributed by atoms with Gasteiger partial charge in [-0.2, -0.15) is 0 Å². The largest absolute Gasteiger partial charge is 0.465 e. The van der Waals surface area contributed by atoms with Crippen LogP contribution in [0.1, 0.15) is 31.7 Å². The lowest BCUT2D eigenvalue weighted by atomic mass is 9.99. The molecule has 1 unspecified atom stereocenters. The third kappa shape index (κ3) is 3.14. The molecule has 0 radical (unpaired) electrons. The summed E-state index contributed by atoms with van der Waals surface area (Å²) < 4.78 is 5.26. The van der Waals surface area contributed by atoms with Gasteiger partial charge in [-0.15, -0.1) is 0 Å². The Bertz CT molecular complexity index is 647. The summed E-state index contributed by atoms with van der Waals surface area (Å²) in [6.45, 7) is 4.10. The molecule has 2 aromatic carbocycles. The van der Waals surface area contributed by atoms with Crippen LogP contribution in [0.4, 0.5) is 0 Å². The summed E-state index contributed by atoms with van der Waals surface area (Å²) in [5.74, 6) is -0.0672. The molecule has 1 saturated heterocycles. The average Bonchev–Trinajstić information content (AvgIpc) is 2.56. The Balaban J connectivity index is 1.84. The highest BCUT2D eigenvalue weighted by Gasteiger charge is 2.29. The monoisotopic (exact) mass is 297 g/mol. The maximum atomic E-state index is 12.2. The van der Waals surface area contributed by atoms with Gasteiger partial charge in [0, 0.05) is 6.54 Å². The minimum atomic E-state index is -0.0901. The lowest BCUT2D eigenvalue weighted by Gasteiger charge is -2.34. The Labute approximate surface area is 131 Å². The van der Waals surface area contributed by atoms with Gasteiger partial charge in [-0.1, -0.05) is 48.9 Å². The standard InChI is InChI=1S/C19H23NO2/c1-2-22-19(21)18-12-5-6-13-20(18)14-16-10-7-9-15-8-3-4-11-17(15)16/h3-4,7-11,18H,2,5-6,12-14H2,1H3. The van der Waals surface area contributed by atoms with E-state index in [1.165, 1.54) is 16.3 Å². The first-order valence-corrected chi connectivity index (χ1v) is 8.17. The van der Waals surface area contributed by atoms with Crippen LogP contribution in [0.3, 0.4) is 0 Å². The van der Waals surface area contributed by atoms with Crippen LogP contribution >= 0.6 is 0 Å². The minimum Gasteiger partial charge on any atom is -0.465 e. The molecule has 0 saturated carbocycles. The molecule has 1 heterocycles. The molecule has 3 nitrogen and oxygen atoms in total. The van der Waals surface area contributed by atoms with Crippen LogP contribution < -0.4 is 0 Å². The van der Waals surface area contributed by atoms with Gasteiger partial charge in [-0.3, -0.25) is 9.69 Å². The zero-order chi connectivity index (χ0) is 15.4. The third-order valence-corrected chi connectivity index (χ3v) is 4.43. The summed E-state index contributed by atoms with van der Waals surface area (Å²) in [5.41, 5.74) is 1.29. The van der Waals surface area contributed by atoms with E-state index in [4.69, 9.17) is 4.74 Å². The second kappa shape index (κ2) is 6.93. The summed E-state index contributed by atoms with van der Waals surface area (Å²) in [6, 6.07) is 14.7. The van der Waals surface area contributed by atoms with Crippen LogP contribution in [0.25, 0.3) is 10.8 Å². The molecule has 0 spiro atoms. The summed E-state index contributed by atoms with van der Waals surface area (Å²) in [4.78, 5) is 14.5. The number of esters is 1. The maximum absolute atomic E-state index is 12.2. The highest BCUT2D eigenvalue weighted by molar-refractivity contribution is 5.85. The molecule has 1 aliphatic heterocycles. The third-order valence-electron chi connectivity index (χ3n) is 4.43. The van der Waals surface area contributed by atoms with Crippen molar-refractivity contribution in [3.05, 3.63) is 48.0 Å². The van der Waals surface area contributed by atoms with Crippen LogP contribution in [0.5, 0.6) is 0 Å². The number of fused-ring (bicyclic) bond motifs is 1. The number of piperidine rings is 1. The van der Waals surface area contributed by atoms with Crippen molar-refractivity contribution in [1.29, 1.82) is 0 Å². The highest BCUT2D eigenvalue weighted by Crippen LogP contribution is 2.24. The lowest BCUT2D eigenvalue weighted by Crippen LogP contribution is -2.44. The average molecular weight is 297 g/mol. The Morgan fingerprint density at radius 3 is 2.86 bits per heavy atom. The molecule has 22 heavy (non-hydrogen) atoms. The van der Waals surface area contributed by atoms with Gasteiger partial charge in [0.2, 0.25) is 0 Å². The lowest BCUT2D eigenvalue weighted by molar-refractivity contribution is -0.151. The Hall–Kier alpha value is -1.87. The van der Waals surface area contributed by atoms with E-state index < -0.39 is 0 Å². The van der Waals surface area contributed by atoms with Crippen molar-refractivity contribution in [2.75, 3.05) is 13.2 Å². The molecule has 0 aromatic heterocycles. The Morgan fingerprint density at radius 2 is 2.00 bits per heavy atom. The number of nitrogens with zero attached hydrogens (tertiary/aromatic N) is 1. The molecule has 3 heteroatoms. The number of rotatable bonds is 4. The van der Waals surface area contributed by atoms with Crippen molar-refractivity contribution in [2.24, 2.45) is 0 Å². The second-order valence-corrected chi connectivity index (χ2v) is 5.87. The van der Waals surface area contributed by atoms with Crippen molar-refractivity contribution < 1.29 is 9.53 Å². The van der Waals surface area contributed by atoms with E-state index in [1.807, 2.05) is 6.92 Å². The van der Waals surface area contributed by atoms with Crippen molar-refractivity contribution in [3.8, 4) is 0 Å². The van der Waals surface area contributed by atoms with E-state index in [1.54, 1.807) is 0 Å². The smallest absolute Gasteiger partial charge is 0.323 e. The zero-order valence-electron chi connectivity index (χ0n) is 13.1. The molecule has 0 bridgehead atoms. The topological polar surface area (TPSA) is 29.5 Å². The van der Waals surface area contributed by atoms with Crippen LogP contribution in [-0.4, -0.2) is 30.1 Å². The Morgan fingerprint density at radius 1 is 1.18 bits per heavy atom. The molecule has 116 valence electrons. The van der Waals surface area contributed by atoms with Crippen LogP contribution in [0.2, 0.25) is 0 Å². The van der Waals surface area contributed by atoms with E-state index >= 15 is 0 Å². The molecule has 3 rings (SSSR count). The van der Waals surface area contributed by atoms with E-state index in [2.05, 4.69) is 47.4 Å². The Kier molecular flexibility index (Phi) is 4.74. The normalized spacial score (nSPS) is 19.2. The van der Waals surface area contributed by atoms with E-state index in [-0.39, 0.29) is 12.0 Å². The number of benzene rings is 2. The van der Waals surface area contributed by atoms with Crippen molar-refractivity contribution in [2.45, 2.75) is 38.8 Å². The van der Waals surface area contributed by atoms with Gasteiger partial charge in [0.1, 0.15) is 6.04 Å². The predicted molar refractivity (Wildman–Crippen MR) is 88.6 cm³/mol. The molecule has 0 aliphatic carbocycles. The number of carbonyl (C=O) groups is 1. The van der Waals surface area contributed by atoms with Crippen LogP contribution in [0.15, 0.2) is 42.5 Å². The predicted octanol–water partition coefficient (Wildman–Crippen LogP) is 3.76. The van der Waals surface area contributed by atoms with Gasteiger partial charge in [-0.25, -0.2) is 0 Å². The van der Waals surface area contributed by atoms with Crippen LogP contribution in [0, 0.1) is 0 Å². The first-order chi connectivity index (χ1) is 10.8. The fourth-order valence-electron chi connectivity index (χ4n) is 3.33. The van der Waals surface area contributed by atoms with Gasteiger partial charge in [0.15, 0.2) is 0 Å².